The fourth-order valence-electron chi connectivity index (χ4n) is 2.17. The van der Waals surface area contributed by atoms with E-state index in [-0.39, 0.29) is 18.2 Å². The second-order valence-electron chi connectivity index (χ2n) is 4.55. The molecule has 0 amide bonds. The number of pyridine rings is 1. The van der Waals surface area contributed by atoms with Gasteiger partial charge in [-0.25, -0.2) is 0 Å². The van der Waals surface area contributed by atoms with Crippen LogP contribution < -0.4 is 5.32 Å². The van der Waals surface area contributed by atoms with Crippen molar-refractivity contribution in [2.24, 2.45) is 0 Å². The van der Waals surface area contributed by atoms with Gasteiger partial charge in [0, 0.05) is 18.8 Å². The van der Waals surface area contributed by atoms with Crippen LogP contribution in [0.1, 0.15) is 23.3 Å². The molecule has 0 aromatic carbocycles. The van der Waals surface area contributed by atoms with E-state index in [0.717, 1.165) is 13.1 Å². The number of aromatic nitrogens is 1. The van der Waals surface area contributed by atoms with Crippen LogP contribution in [0.2, 0.25) is 0 Å². The Bertz CT molecular complexity index is 366. The van der Waals surface area contributed by atoms with E-state index < -0.39 is 0 Å². The van der Waals surface area contributed by atoms with Gasteiger partial charge in [-0.05, 0) is 38.6 Å². The van der Waals surface area contributed by atoms with Gasteiger partial charge in [0.25, 0.3) is 0 Å². The highest BCUT2D eigenvalue weighted by Crippen LogP contribution is 2.09. The quantitative estimate of drug-likeness (QED) is 0.839. The SMILES string of the molecule is CN(CC(=O)c1ccccn1)[C@@H]1CCCNC1.Cl. The summed E-state index contributed by atoms with van der Waals surface area (Å²) < 4.78 is 0. The molecule has 5 heteroatoms. The molecule has 0 radical (unpaired) electrons. The number of nitrogens with zero attached hydrogens (tertiary/aromatic N) is 2. The number of nitrogens with one attached hydrogen (secondary N) is 1. The third kappa shape index (κ3) is 4.05. The van der Waals surface area contributed by atoms with Crippen molar-refractivity contribution in [1.29, 1.82) is 0 Å². The number of carbonyl (C=O) groups is 1. The first-order chi connectivity index (χ1) is 8.27. The third-order valence-electron chi connectivity index (χ3n) is 3.24. The van der Waals surface area contributed by atoms with Crippen molar-refractivity contribution in [2.45, 2.75) is 18.9 Å². The van der Waals surface area contributed by atoms with Crippen LogP contribution in [0.3, 0.4) is 0 Å². The van der Waals surface area contributed by atoms with Gasteiger partial charge in [-0.1, -0.05) is 6.07 Å². The second-order valence-corrected chi connectivity index (χ2v) is 4.55. The Morgan fingerprint density at radius 3 is 3.00 bits per heavy atom. The minimum Gasteiger partial charge on any atom is -0.315 e. The van der Waals surface area contributed by atoms with E-state index >= 15 is 0 Å². The standard InChI is InChI=1S/C13H19N3O.ClH/c1-16(11-5-4-7-14-9-11)10-13(17)12-6-2-3-8-15-12;/h2-3,6,8,11,14H,4-5,7,9-10H2,1H3;1H/t11-;/m1./s1. The molecule has 0 bridgehead atoms. The summed E-state index contributed by atoms with van der Waals surface area (Å²) in [5.74, 6) is 0.0960. The average molecular weight is 270 g/mol. The van der Waals surface area contributed by atoms with E-state index in [0.29, 0.717) is 18.3 Å². The fraction of sp³-hybridized carbons (Fsp3) is 0.538. The van der Waals surface area contributed by atoms with Gasteiger partial charge in [-0.2, -0.15) is 0 Å². The number of likely N-dealkylation sites (N-methyl/N-ethyl adjacent to an activating group) is 1. The molecule has 0 aliphatic carbocycles. The van der Waals surface area contributed by atoms with Gasteiger partial charge in [-0.3, -0.25) is 14.7 Å². The largest absolute Gasteiger partial charge is 0.315 e. The number of rotatable bonds is 4. The van der Waals surface area contributed by atoms with Crippen molar-refractivity contribution >= 4 is 18.2 Å². The highest BCUT2D eigenvalue weighted by molar-refractivity contribution is 5.95. The predicted molar refractivity (Wildman–Crippen MR) is 74.3 cm³/mol. The molecule has 1 atom stereocenters. The molecule has 2 heterocycles. The monoisotopic (exact) mass is 269 g/mol. The number of piperidine rings is 1. The van der Waals surface area contributed by atoms with Crippen LogP contribution in [-0.4, -0.2) is 48.4 Å². The Morgan fingerprint density at radius 1 is 1.56 bits per heavy atom. The van der Waals surface area contributed by atoms with E-state index in [1.165, 1.54) is 12.8 Å². The summed E-state index contributed by atoms with van der Waals surface area (Å²) in [6, 6.07) is 5.92. The fourth-order valence-corrected chi connectivity index (χ4v) is 2.17. The van der Waals surface area contributed by atoms with Gasteiger partial charge in [0.15, 0.2) is 5.78 Å². The van der Waals surface area contributed by atoms with E-state index in [9.17, 15) is 4.79 Å². The number of hydrogen-bond donors (Lipinski definition) is 1. The smallest absolute Gasteiger partial charge is 0.195 e. The second kappa shape index (κ2) is 7.46. The molecular formula is C13H20ClN3O. The highest BCUT2D eigenvalue weighted by atomic mass is 35.5. The lowest BCUT2D eigenvalue weighted by Gasteiger charge is -2.31. The first-order valence-corrected chi connectivity index (χ1v) is 6.12. The Morgan fingerprint density at radius 2 is 2.39 bits per heavy atom. The summed E-state index contributed by atoms with van der Waals surface area (Å²) in [5.41, 5.74) is 0.558. The number of hydrogen-bond acceptors (Lipinski definition) is 4. The number of ketones is 1. The number of halogens is 1. The zero-order valence-corrected chi connectivity index (χ0v) is 11.4. The molecular weight excluding hydrogens is 250 g/mol. The maximum absolute atomic E-state index is 12.0. The Kier molecular flexibility index (Phi) is 6.25. The van der Waals surface area contributed by atoms with E-state index in [1.807, 2.05) is 19.2 Å². The van der Waals surface area contributed by atoms with Crippen LogP contribution in [0.25, 0.3) is 0 Å². The predicted octanol–water partition coefficient (Wildman–Crippen LogP) is 1.37. The molecule has 1 aliphatic heterocycles. The van der Waals surface area contributed by atoms with E-state index in [2.05, 4.69) is 15.2 Å². The van der Waals surface area contributed by atoms with Gasteiger partial charge < -0.3 is 5.32 Å². The van der Waals surface area contributed by atoms with Gasteiger partial charge in [0.2, 0.25) is 0 Å². The van der Waals surface area contributed by atoms with Crippen molar-refractivity contribution in [3.63, 3.8) is 0 Å². The molecule has 1 aromatic heterocycles. The molecule has 1 fully saturated rings. The Balaban J connectivity index is 0.00000162. The molecule has 1 aromatic rings. The lowest BCUT2D eigenvalue weighted by atomic mass is 10.1. The molecule has 1 aliphatic rings. The first-order valence-electron chi connectivity index (χ1n) is 6.12. The van der Waals surface area contributed by atoms with Crippen LogP contribution in [0.15, 0.2) is 24.4 Å². The zero-order chi connectivity index (χ0) is 12.1. The lowest BCUT2D eigenvalue weighted by molar-refractivity contribution is 0.0902. The Labute approximate surface area is 114 Å². The van der Waals surface area contributed by atoms with Gasteiger partial charge in [0.1, 0.15) is 5.69 Å². The summed E-state index contributed by atoms with van der Waals surface area (Å²) in [5, 5.41) is 3.36. The van der Waals surface area contributed by atoms with E-state index in [4.69, 9.17) is 0 Å². The molecule has 18 heavy (non-hydrogen) atoms. The summed E-state index contributed by atoms with van der Waals surface area (Å²) >= 11 is 0. The van der Waals surface area contributed by atoms with Gasteiger partial charge >= 0.3 is 0 Å². The van der Waals surface area contributed by atoms with Gasteiger partial charge in [0.05, 0.1) is 6.54 Å². The van der Waals surface area contributed by atoms with Crippen LogP contribution in [0.4, 0.5) is 0 Å². The summed E-state index contributed by atoms with van der Waals surface area (Å²) in [6.45, 7) is 2.52. The number of Topliss-reactive ketones (excluding diaryl/α,β-unsaturated/α-hetero) is 1. The van der Waals surface area contributed by atoms with Crippen LogP contribution in [0, 0.1) is 0 Å². The summed E-state index contributed by atoms with van der Waals surface area (Å²) in [4.78, 5) is 18.2. The maximum Gasteiger partial charge on any atom is 0.195 e. The first kappa shape index (κ1) is 15.1. The topological polar surface area (TPSA) is 45.2 Å². The van der Waals surface area contributed by atoms with Gasteiger partial charge in [-0.15, -0.1) is 12.4 Å². The third-order valence-corrected chi connectivity index (χ3v) is 3.24. The molecule has 1 saturated heterocycles. The molecule has 1 N–H and O–H groups in total. The molecule has 0 spiro atoms. The normalized spacial score (nSPS) is 19.3. The minimum absolute atomic E-state index is 0. The van der Waals surface area contributed by atoms with Crippen molar-refractivity contribution in [3.05, 3.63) is 30.1 Å². The van der Waals surface area contributed by atoms with Crippen LogP contribution in [0.5, 0.6) is 0 Å². The molecule has 0 unspecified atom stereocenters. The Hall–Kier alpha value is -0.970. The summed E-state index contributed by atoms with van der Waals surface area (Å²) in [6.07, 6.45) is 4.02. The molecule has 4 nitrogen and oxygen atoms in total. The average Bonchev–Trinajstić information content (AvgIpc) is 2.40. The lowest BCUT2D eigenvalue weighted by Crippen LogP contribution is -2.45. The number of carbonyl (C=O) groups excluding carboxylic acids is 1. The van der Waals surface area contributed by atoms with Crippen molar-refractivity contribution in [1.82, 2.24) is 15.2 Å². The maximum atomic E-state index is 12.0. The van der Waals surface area contributed by atoms with Crippen LogP contribution >= 0.6 is 12.4 Å². The van der Waals surface area contributed by atoms with Crippen LogP contribution in [-0.2, 0) is 0 Å². The van der Waals surface area contributed by atoms with Crippen molar-refractivity contribution in [2.75, 3.05) is 26.7 Å². The molecule has 100 valence electrons. The molecule has 0 saturated carbocycles. The zero-order valence-electron chi connectivity index (χ0n) is 10.6. The summed E-state index contributed by atoms with van der Waals surface area (Å²) in [7, 11) is 2.01. The van der Waals surface area contributed by atoms with Crippen molar-refractivity contribution < 1.29 is 4.79 Å². The minimum atomic E-state index is 0. The van der Waals surface area contributed by atoms with E-state index in [1.54, 1.807) is 12.3 Å². The molecule has 2 rings (SSSR count). The van der Waals surface area contributed by atoms with Crippen molar-refractivity contribution in [3.8, 4) is 0 Å². The highest BCUT2D eigenvalue weighted by Gasteiger charge is 2.20.